The van der Waals surface area contributed by atoms with Crippen molar-refractivity contribution in [3.8, 4) is 11.8 Å². The number of pyridine rings is 1. The van der Waals surface area contributed by atoms with E-state index in [1.165, 1.54) is 0 Å². The molecule has 0 aliphatic carbocycles. The van der Waals surface area contributed by atoms with E-state index in [1.54, 1.807) is 18.3 Å². The van der Waals surface area contributed by atoms with Crippen molar-refractivity contribution in [1.82, 2.24) is 10.3 Å². The fourth-order valence-corrected chi connectivity index (χ4v) is 1.30. The highest BCUT2D eigenvalue weighted by Gasteiger charge is 2.15. The van der Waals surface area contributed by atoms with Gasteiger partial charge in [0.1, 0.15) is 5.60 Å². The largest absolute Gasteiger partial charge is 0.444 e. The summed E-state index contributed by atoms with van der Waals surface area (Å²) >= 11 is 0. The lowest BCUT2D eigenvalue weighted by Gasteiger charge is -2.19. The van der Waals surface area contributed by atoms with Crippen molar-refractivity contribution in [3.05, 3.63) is 29.6 Å². The topological polar surface area (TPSA) is 71.5 Å². The van der Waals surface area contributed by atoms with Gasteiger partial charge in [0.25, 0.3) is 0 Å². The van der Waals surface area contributed by atoms with Crippen LogP contribution in [0, 0.1) is 11.8 Å². The molecule has 0 aliphatic heterocycles. The third-order valence-electron chi connectivity index (χ3n) is 2.14. The van der Waals surface area contributed by atoms with Gasteiger partial charge in [0.05, 0.1) is 12.3 Å². The normalized spacial score (nSPS) is 10.4. The number of alkyl carbamates (subject to hydrolysis) is 1. The Morgan fingerprint density at radius 1 is 1.45 bits per heavy atom. The standard InChI is InChI=1S/C15H20N2O3/c1-15(2,3)20-14(19)16-9-5-4-6-12-7-8-13(11-18)17-10-12/h7-8,10,18H,5,9,11H2,1-3H3,(H,16,19). The highest BCUT2D eigenvalue weighted by molar-refractivity contribution is 5.67. The van der Waals surface area contributed by atoms with Crippen LogP contribution in [0.15, 0.2) is 18.3 Å². The number of rotatable bonds is 3. The summed E-state index contributed by atoms with van der Waals surface area (Å²) in [5, 5.41) is 11.5. The van der Waals surface area contributed by atoms with Gasteiger partial charge >= 0.3 is 6.09 Å². The number of carbonyl (C=O) groups is 1. The molecule has 0 unspecified atom stereocenters. The lowest BCUT2D eigenvalue weighted by molar-refractivity contribution is 0.0529. The van der Waals surface area contributed by atoms with E-state index in [0.717, 1.165) is 5.56 Å². The number of aliphatic hydroxyl groups is 1. The number of aromatic nitrogens is 1. The number of hydrogen-bond acceptors (Lipinski definition) is 4. The van der Waals surface area contributed by atoms with Crippen molar-refractivity contribution < 1.29 is 14.6 Å². The number of aliphatic hydroxyl groups excluding tert-OH is 1. The van der Waals surface area contributed by atoms with Crippen molar-refractivity contribution in [3.63, 3.8) is 0 Å². The fourth-order valence-electron chi connectivity index (χ4n) is 1.30. The van der Waals surface area contributed by atoms with Crippen LogP contribution in [-0.4, -0.2) is 28.3 Å². The second-order valence-electron chi connectivity index (χ2n) is 5.18. The van der Waals surface area contributed by atoms with Gasteiger partial charge in [0.15, 0.2) is 0 Å². The molecular weight excluding hydrogens is 256 g/mol. The molecule has 2 N–H and O–H groups in total. The Kier molecular flexibility index (Phi) is 6.01. The number of hydrogen-bond donors (Lipinski definition) is 2. The van der Waals surface area contributed by atoms with E-state index in [0.29, 0.717) is 18.7 Å². The molecule has 0 spiro atoms. The van der Waals surface area contributed by atoms with Crippen molar-refractivity contribution in [2.75, 3.05) is 6.54 Å². The van der Waals surface area contributed by atoms with Crippen LogP contribution in [0.4, 0.5) is 4.79 Å². The monoisotopic (exact) mass is 276 g/mol. The molecule has 1 amide bonds. The highest BCUT2D eigenvalue weighted by atomic mass is 16.6. The maximum Gasteiger partial charge on any atom is 0.407 e. The molecule has 5 heteroatoms. The predicted octanol–water partition coefficient (Wildman–Crippen LogP) is 1.84. The summed E-state index contributed by atoms with van der Waals surface area (Å²) in [5.74, 6) is 5.87. The van der Waals surface area contributed by atoms with Gasteiger partial charge < -0.3 is 15.2 Å². The van der Waals surface area contributed by atoms with E-state index in [-0.39, 0.29) is 6.61 Å². The Hall–Kier alpha value is -2.06. The van der Waals surface area contributed by atoms with Gasteiger partial charge in [-0.2, -0.15) is 0 Å². The van der Waals surface area contributed by atoms with Gasteiger partial charge in [-0.05, 0) is 32.9 Å². The molecule has 0 bridgehead atoms. The number of carbonyl (C=O) groups excluding carboxylic acids is 1. The third-order valence-corrected chi connectivity index (χ3v) is 2.14. The van der Waals surface area contributed by atoms with Crippen molar-refractivity contribution in [1.29, 1.82) is 0 Å². The maximum atomic E-state index is 11.3. The minimum absolute atomic E-state index is 0.0759. The molecule has 1 heterocycles. The van der Waals surface area contributed by atoms with Gasteiger partial charge in [-0.25, -0.2) is 4.79 Å². The van der Waals surface area contributed by atoms with Crippen LogP contribution < -0.4 is 5.32 Å². The summed E-state index contributed by atoms with van der Waals surface area (Å²) in [6.07, 6.45) is 1.70. The predicted molar refractivity (Wildman–Crippen MR) is 75.9 cm³/mol. The summed E-state index contributed by atoms with van der Waals surface area (Å²) in [7, 11) is 0. The van der Waals surface area contributed by atoms with Crippen LogP contribution in [-0.2, 0) is 11.3 Å². The smallest absolute Gasteiger partial charge is 0.407 e. The molecule has 5 nitrogen and oxygen atoms in total. The molecule has 0 saturated heterocycles. The summed E-state index contributed by atoms with van der Waals surface area (Å²) in [6.45, 7) is 5.80. The molecule has 0 aromatic carbocycles. The van der Waals surface area contributed by atoms with E-state index in [2.05, 4.69) is 22.1 Å². The van der Waals surface area contributed by atoms with Crippen molar-refractivity contribution in [2.45, 2.75) is 39.4 Å². The lowest BCUT2D eigenvalue weighted by Crippen LogP contribution is -2.32. The Balaban J connectivity index is 2.30. The van der Waals surface area contributed by atoms with E-state index in [1.807, 2.05) is 20.8 Å². The first kappa shape index (κ1) is 16.0. The molecule has 1 aromatic heterocycles. The lowest BCUT2D eigenvalue weighted by atomic mass is 10.2. The van der Waals surface area contributed by atoms with E-state index >= 15 is 0 Å². The van der Waals surface area contributed by atoms with Crippen molar-refractivity contribution in [2.24, 2.45) is 0 Å². The zero-order valence-corrected chi connectivity index (χ0v) is 12.1. The second kappa shape index (κ2) is 7.51. The summed E-state index contributed by atoms with van der Waals surface area (Å²) in [6, 6.07) is 3.52. The van der Waals surface area contributed by atoms with Gasteiger partial charge in [0, 0.05) is 24.7 Å². The Morgan fingerprint density at radius 3 is 2.75 bits per heavy atom. The Morgan fingerprint density at radius 2 is 2.20 bits per heavy atom. The summed E-state index contributed by atoms with van der Waals surface area (Å²) in [4.78, 5) is 15.4. The van der Waals surface area contributed by atoms with Crippen LogP contribution in [0.1, 0.15) is 38.4 Å². The molecule has 0 aliphatic rings. The second-order valence-corrected chi connectivity index (χ2v) is 5.18. The van der Waals surface area contributed by atoms with E-state index in [9.17, 15) is 4.79 Å². The molecule has 1 aromatic rings. The molecule has 20 heavy (non-hydrogen) atoms. The zero-order chi connectivity index (χ0) is 15.0. The summed E-state index contributed by atoms with van der Waals surface area (Å²) in [5.41, 5.74) is 0.900. The Bertz CT molecular complexity index is 493. The zero-order valence-electron chi connectivity index (χ0n) is 12.1. The first-order chi connectivity index (χ1) is 9.40. The molecule has 0 saturated carbocycles. The number of nitrogens with zero attached hydrogens (tertiary/aromatic N) is 1. The maximum absolute atomic E-state index is 11.3. The van der Waals surface area contributed by atoms with Gasteiger partial charge in [-0.1, -0.05) is 11.8 Å². The quantitative estimate of drug-likeness (QED) is 0.653. The van der Waals surface area contributed by atoms with Crippen LogP contribution in [0.2, 0.25) is 0 Å². The first-order valence-electron chi connectivity index (χ1n) is 6.42. The molecule has 108 valence electrons. The SMILES string of the molecule is CC(C)(C)OC(=O)NCCC#Cc1ccc(CO)nc1. The molecule has 0 radical (unpaired) electrons. The van der Waals surface area contributed by atoms with Crippen LogP contribution >= 0.6 is 0 Å². The average Bonchev–Trinajstić information content (AvgIpc) is 2.37. The fraction of sp³-hybridized carbons (Fsp3) is 0.467. The van der Waals surface area contributed by atoms with E-state index in [4.69, 9.17) is 9.84 Å². The Labute approximate surface area is 119 Å². The minimum atomic E-state index is -0.490. The van der Waals surface area contributed by atoms with Crippen LogP contribution in [0.3, 0.4) is 0 Å². The third kappa shape index (κ3) is 6.76. The number of amides is 1. The molecule has 0 atom stereocenters. The minimum Gasteiger partial charge on any atom is -0.444 e. The van der Waals surface area contributed by atoms with Gasteiger partial charge in [-0.15, -0.1) is 0 Å². The molecular formula is C15H20N2O3. The number of ether oxygens (including phenoxy) is 1. The van der Waals surface area contributed by atoms with Crippen LogP contribution in [0.5, 0.6) is 0 Å². The van der Waals surface area contributed by atoms with Crippen molar-refractivity contribution >= 4 is 6.09 Å². The molecule has 1 rings (SSSR count). The summed E-state index contributed by atoms with van der Waals surface area (Å²) < 4.78 is 5.10. The van der Waals surface area contributed by atoms with E-state index < -0.39 is 11.7 Å². The van der Waals surface area contributed by atoms with Crippen LogP contribution in [0.25, 0.3) is 0 Å². The first-order valence-corrected chi connectivity index (χ1v) is 6.42. The van der Waals surface area contributed by atoms with Gasteiger partial charge in [0.2, 0.25) is 0 Å². The molecule has 0 fully saturated rings. The average molecular weight is 276 g/mol. The number of nitrogens with one attached hydrogen (secondary N) is 1. The highest BCUT2D eigenvalue weighted by Crippen LogP contribution is 2.06. The van der Waals surface area contributed by atoms with Gasteiger partial charge in [-0.3, -0.25) is 4.98 Å².